The number of nitrogens with zero attached hydrogens (tertiary/aromatic N) is 3. The minimum atomic E-state index is -0.144. The van der Waals surface area contributed by atoms with E-state index < -0.39 is 0 Å². The molecule has 1 aromatic carbocycles. The molecule has 0 saturated heterocycles. The fraction of sp³-hybridized carbons (Fsp3) is 0.389. The maximum atomic E-state index is 12.5. The third-order valence-electron chi connectivity index (χ3n) is 3.69. The molecule has 1 N–H and O–H groups in total. The van der Waals surface area contributed by atoms with Crippen LogP contribution >= 0.6 is 0 Å². The molecule has 0 saturated carbocycles. The van der Waals surface area contributed by atoms with Crippen LogP contribution < -0.4 is 10.2 Å². The first-order chi connectivity index (χ1) is 11.0. The number of amides is 1. The zero-order valence-corrected chi connectivity index (χ0v) is 14.2. The summed E-state index contributed by atoms with van der Waals surface area (Å²) in [5.41, 5.74) is 1.93. The summed E-state index contributed by atoms with van der Waals surface area (Å²) in [5, 5.41) is 2.96. The SMILES string of the molecule is CC[C@H](C(=O)NCc1nc(C)cc(N(C)C)n1)c1ccccc1. The number of carbonyl (C=O) groups excluding carboxylic acids is 1. The van der Waals surface area contributed by atoms with Crippen LogP contribution in [-0.4, -0.2) is 30.0 Å². The summed E-state index contributed by atoms with van der Waals surface area (Å²) in [4.78, 5) is 23.3. The Kier molecular flexibility index (Phi) is 5.68. The van der Waals surface area contributed by atoms with Crippen molar-refractivity contribution < 1.29 is 4.79 Å². The number of aryl methyl sites for hydroxylation is 1. The van der Waals surface area contributed by atoms with Gasteiger partial charge in [-0.2, -0.15) is 0 Å². The van der Waals surface area contributed by atoms with Crippen LogP contribution in [0.1, 0.15) is 36.3 Å². The van der Waals surface area contributed by atoms with Gasteiger partial charge in [-0.3, -0.25) is 4.79 Å². The largest absolute Gasteiger partial charge is 0.363 e. The molecule has 0 aliphatic rings. The number of carbonyl (C=O) groups is 1. The van der Waals surface area contributed by atoms with Gasteiger partial charge in [0.15, 0.2) is 0 Å². The van der Waals surface area contributed by atoms with Crippen LogP contribution in [-0.2, 0) is 11.3 Å². The lowest BCUT2D eigenvalue weighted by Crippen LogP contribution is -2.29. The van der Waals surface area contributed by atoms with Gasteiger partial charge in [0.05, 0.1) is 12.5 Å². The lowest BCUT2D eigenvalue weighted by molar-refractivity contribution is -0.122. The number of nitrogens with one attached hydrogen (secondary N) is 1. The van der Waals surface area contributed by atoms with Crippen LogP contribution in [0.4, 0.5) is 5.82 Å². The first kappa shape index (κ1) is 16.9. The van der Waals surface area contributed by atoms with Gasteiger partial charge in [-0.15, -0.1) is 0 Å². The molecular formula is C18H24N4O. The van der Waals surface area contributed by atoms with E-state index in [1.165, 1.54) is 0 Å². The van der Waals surface area contributed by atoms with Crippen molar-refractivity contribution in [2.24, 2.45) is 0 Å². The lowest BCUT2D eigenvalue weighted by atomic mass is 9.96. The Balaban J connectivity index is 2.06. The fourth-order valence-electron chi connectivity index (χ4n) is 2.47. The molecule has 23 heavy (non-hydrogen) atoms. The molecule has 0 fully saturated rings. The van der Waals surface area contributed by atoms with Crippen molar-refractivity contribution in [3.8, 4) is 0 Å². The summed E-state index contributed by atoms with van der Waals surface area (Å²) in [7, 11) is 3.87. The molecule has 1 atom stereocenters. The molecule has 0 unspecified atom stereocenters. The minimum Gasteiger partial charge on any atom is -0.363 e. The molecule has 0 aliphatic carbocycles. The highest BCUT2D eigenvalue weighted by molar-refractivity contribution is 5.83. The lowest BCUT2D eigenvalue weighted by Gasteiger charge is -2.16. The van der Waals surface area contributed by atoms with Gasteiger partial charge in [0.25, 0.3) is 0 Å². The van der Waals surface area contributed by atoms with Crippen molar-refractivity contribution in [3.63, 3.8) is 0 Å². The highest BCUT2D eigenvalue weighted by Gasteiger charge is 2.18. The van der Waals surface area contributed by atoms with Crippen molar-refractivity contribution in [3.05, 3.63) is 53.5 Å². The van der Waals surface area contributed by atoms with Crippen LogP contribution in [0, 0.1) is 6.92 Å². The minimum absolute atomic E-state index is 0.00945. The third-order valence-corrected chi connectivity index (χ3v) is 3.69. The smallest absolute Gasteiger partial charge is 0.227 e. The van der Waals surface area contributed by atoms with Crippen molar-refractivity contribution in [2.75, 3.05) is 19.0 Å². The number of benzene rings is 1. The van der Waals surface area contributed by atoms with Gasteiger partial charge >= 0.3 is 0 Å². The molecule has 2 aromatic rings. The van der Waals surface area contributed by atoms with Gasteiger partial charge < -0.3 is 10.2 Å². The zero-order chi connectivity index (χ0) is 16.8. The van der Waals surface area contributed by atoms with Gasteiger partial charge in [-0.05, 0) is 18.9 Å². The molecule has 0 spiro atoms. The van der Waals surface area contributed by atoms with Crippen molar-refractivity contribution in [1.82, 2.24) is 15.3 Å². The standard InChI is InChI=1S/C18H24N4O/c1-5-15(14-9-7-6-8-10-14)18(23)19-12-16-20-13(2)11-17(21-16)22(3)4/h6-11,15H,5,12H2,1-4H3,(H,19,23)/t15-/m0/s1. The van der Waals surface area contributed by atoms with E-state index in [-0.39, 0.29) is 11.8 Å². The maximum Gasteiger partial charge on any atom is 0.227 e. The highest BCUT2D eigenvalue weighted by atomic mass is 16.1. The molecule has 1 heterocycles. The van der Waals surface area contributed by atoms with Gasteiger partial charge in [0, 0.05) is 25.9 Å². The van der Waals surface area contributed by atoms with E-state index in [2.05, 4.69) is 15.3 Å². The first-order valence-electron chi connectivity index (χ1n) is 7.85. The first-order valence-corrected chi connectivity index (χ1v) is 7.85. The second-order valence-electron chi connectivity index (χ2n) is 5.77. The monoisotopic (exact) mass is 312 g/mol. The second-order valence-corrected chi connectivity index (χ2v) is 5.77. The summed E-state index contributed by atoms with van der Waals surface area (Å²) in [5.74, 6) is 1.34. The Morgan fingerprint density at radius 1 is 1.22 bits per heavy atom. The van der Waals surface area contributed by atoms with Gasteiger partial charge in [0.1, 0.15) is 11.6 Å². The molecule has 5 heteroatoms. The van der Waals surface area contributed by atoms with Gasteiger partial charge in [0.2, 0.25) is 5.91 Å². The third kappa shape index (κ3) is 4.52. The summed E-state index contributed by atoms with van der Waals surface area (Å²) in [6.45, 7) is 4.29. The number of rotatable bonds is 6. The van der Waals surface area contributed by atoms with Crippen LogP contribution in [0.2, 0.25) is 0 Å². The average Bonchev–Trinajstić information content (AvgIpc) is 2.54. The molecule has 0 radical (unpaired) electrons. The van der Waals surface area contributed by atoms with Gasteiger partial charge in [-0.25, -0.2) is 9.97 Å². The predicted octanol–water partition coefficient (Wildman–Crippen LogP) is 2.66. The van der Waals surface area contributed by atoms with Crippen LogP contribution in [0.25, 0.3) is 0 Å². The topological polar surface area (TPSA) is 58.1 Å². The number of anilines is 1. The number of hydrogen-bond acceptors (Lipinski definition) is 4. The quantitative estimate of drug-likeness (QED) is 0.891. The van der Waals surface area contributed by atoms with E-state index in [9.17, 15) is 4.79 Å². The Bertz CT molecular complexity index is 655. The van der Waals surface area contributed by atoms with Gasteiger partial charge in [-0.1, -0.05) is 37.3 Å². The summed E-state index contributed by atoms with van der Waals surface area (Å²) in [6.07, 6.45) is 0.757. The van der Waals surface area contributed by atoms with E-state index in [0.717, 1.165) is 23.5 Å². The van der Waals surface area contributed by atoms with E-state index in [1.54, 1.807) is 0 Å². The van der Waals surface area contributed by atoms with Crippen molar-refractivity contribution in [2.45, 2.75) is 32.7 Å². The van der Waals surface area contributed by atoms with E-state index in [4.69, 9.17) is 0 Å². The van der Waals surface area contributed by atoms with Crippen LogP contribution in [0.15, 0.2) is 36.4 Å². The maximum absolute atomic E-state index is 12.5. The molecule has 1 aromatic heterocycles. The Morgan fingerprint density at radius 3 is 2.52 bits per heavy atom. The second kappa shape index (κ2) is 7.72. The number of hydrogen-bond donors (Lipinski definition) is 1. The molecule has 1 amide bonds. The van der Waals surface area contributed by atoms with Crippen molar-refractivity contribution >= 4 is 11.7 Å². The van der Waals surface area contributed by atoms with Crippen LogP contribution in [0.3, 0.4) is 0 Å². The Labute approximate surface area is 137 Å². The van der Waals surface area contributed by atoms with E-state index in [1.807, 2.05) is 69.2 Å². The molecular weight excluding hydrogens is 288 g/mol. The summed E-state index contributed by atoms with van der Waals surface area (Å²) < 4.78 is 0. The molecule has 0 aliphatic heterocycles. The average molecular weight is 312 g/mol. The van der Waals surface area contributed by atoms with Crippen molar-refractivity contribution in [1.29, 1.82) is 0 Å². The summed E-state index contributed by atoms with van der Waals surface area (Å²) in [6, 6.07) is 11.8. The normalized spacial score (nSPS) is 11.8. The van der Waals surface area contributed by atoms with Crippen LogP contribution in [0.5, 0.6) is 0 Å². The number of aromatic nitrogens is 2. The Morgan fingerprint density at radius 2 is 1.91 bits per heavy atom. The fourth-order valence-corrected chi connectivity index (χ4v) is 2.47. The predicted molar refractivity (Wildman–Crippen MR) is 92.4 cm³/mol. The molecule has 0 bridgehead atoms. The Hall–Kier alpha value is -2.43. The highest BCUT2D eigenvalue weighted by Crippen LogP contribution is 2.19. The molecule has 2 rings (SSSR count). The summed E-state index contributed by atoms with van der Waals surface area (Å²) >= 11 is 0. The van der Waals surface area contributed by atoms with E-state index in [0.29, 0.717) is 12.4 Å². The molecule has 5 nitrogen and oxygen atoms in total. The van der Waals surface area contributed by atoms with E-state index >= 15 is 0 Å². The zero-order valence-electron chi connectivity index (χ0n) is 14.2. The molecule has 122 valence electrons.